The van der Waals surface area contributed by atoms with Crippen molar-refractivity contribution in [3.63, 3.8) is 0 Å². The summed E-state index contributed by atoms with van der Waals surface area (Å²) < 4.78 is 1.91. The van der Waals surface area contributed by atoms with Gasteiger partial charge in [0.05, 0.1) is 24.0 Å². The van der Waals surface area contributed by atoms with Crippen molar-refractivity contribution in [3.05, 3.63) is 71.4 Å². The van der Waals surface area contributed by atoms with Crippen molar-refractivity contribution >= 4 is 23.1 Å². The Hall–Kier alpha value is -2.89. The Bertz CT molecular complexity index is 1200. The third kappa shape index (κ3) is 3.24. The predicted octanol–water partition coefficient (Wildman–Crippen LogP) is 4.99. The van der Waals surface area contributed by atoms with Gasteiger partial charge in [-0.05, 0) is 37.5 Å². The fraction of sp³-hybridized carbons (Fsp3) is 0.250. The number of aliphatic hydroxyl groups excluding tert-OH is 1. The number of aliphatic hydroxyl groups is 1. The predicted molar refractivity (Wildman–Crippen MR) is 121 cm³/mol. The number of hydrogen-bond donors (Lipinski definition) is 1. The Labute approximate surface area is 180 Å². The van der Waals surface area contributed by atoms with Crippen LogP contribution in [-0.4, -0.2) is 38.9 Å². The van der Waals surface area contributed by atoms with Crippen molar-refractivity contribution in [1.82, 2.24) is 14.6 Å². The standard InChI is InChI=1S/C24H23ClN4O/c1-16-23(17-7-3-2-4-8-17)24-26-22(28-12-6-11-20(28)15-30)14-21(29(24)27-16)18-9-5-10-19(25)13-18/h2-5,7-10,13-14,20,30H,6,11-12,15H2,1H3/t20-/m0/s1. The van der Waals surface area contributed by atoms with Crippen LogP contribution in [-0.2, 0) is 0 Å². The van der Waals surface area contributed by atoms with Gasteiger partial charge >= 0.3 is 0 Å². The molecule has 0 unspecified atom stereocenters. The van der Waals surface area contributed by atoms with E-state index in [0.29, 0.717) is 5.02 Å². The molecular weight excluding hydrogens is 396 g/mol. The van der Waals surface area contributed by atoms with E-state index in [1.54, 1.807) is 0 Å². The fourth-order valence-electron chi connectivity index (χ4n) is 4.38. The fourth-order valence-corrected chi connectivity index (χ4v) is 4.57. The van der Waals surface area contributed by atoms with Crippen LogP contribution in [0.4, 0.5) is 5.82 Å². The SMILES string of the molecule is Cc1nn2c(-c3cccc(Cl)c3)cc(N3CCC[C@H]3CO)nc2c1-c1ccccc1. The van der Waals surface area contributed by atoms with Crippen molar-refractivity contribution in [1.29, 1.82) is 0 Å². The number of halogens is 1. The van der Waals surface area contributed by atoms with E-state index in [1.165, 1.54) is 0 Å². The zero-order valence-electron chi connectivity index (χ0n) is 16.8. The van der Waals surface area contributed by atoms with E-state index < -0.39 is 0 Å². The third-order valence-electron chi connectivity index (χ3n) is 5.82. The first-order chi connectivity index (χ1) is 14.7. The van der Waals surface area contributed by atoms with Gasteiger partial charge in [-0.25, -0.2) is 9.50 Å². The van der Waals surface area contributed by atoms with Crippen molar-refractivity contribution < 1.29 is 5.11 Å². The molecule has 6 heteroatoms. The summed E-state index contributed by atoms with van der Waals surface area (Å²) in [5.74, 6) is 0.867. The molecule has 5 nitrogen and oxygen atoms in total. The van der Waals surface area contributed by atoms with Crippen LogP contribution in [0.3, 0.4) is 0 Å². The van der Waals surface area contributed by atoms with Crippen LogP contribution in [0.2, 0.25) is 5.02 Å². The highest BCUT2D eigenvalue weighted by Gasteiger charge is 2.27. The number of benzene rings is 2. The molecule has 152 valence electrons. The van der Waals surface area contributed by atoms with Crippen LogP contribution >= 0.6 is 11.6 Å². The minimum Gasteiger partial charge on any atom is -0.394 e. The lowest BCUT2D eigenvalue weighted by molar-refractivity contribution is 0.266. The minimum atomic E-state index is 0.0938. The highest BCUT2D eigenvalue weighted by Crippen LogP contribution is 2.34. The van der Waals surface area contributed by atoms with E-state index in [0.717, 1.165) is 58.9 Å². The second kappa shape index (κ2) is 7.74. The zero-order valence-corrected chi connectivity index (χ0v) is 17.5. The molecule has 4 aromatic rings. The number of rotatable bonds is 4. The Balaban J connectivity index is 1.80. The van der Waals surface area contributed by atoms with E-state index >= 15 is 0 Å². The average molecular weight is 419 g/mol. The minimum absolute atomic E-state index is 0.0938. The highest BCUT2D eigenvalue weighted by molar-refractivity contribution is 6.30. The molecule has 0 spiro atoms. The van der Waals surface area contributed by atoms with Crippen LogP contribution < -0.4 is 4.90 Å². The summed E-state index contributed by atoms with van der Waals surface area (Å²) in [7, 11) is 0. The molecule has 1 aliphatic rings. The molecule has 0 amide bonds. The maximum atomic E-state index is 9.87. The van der Waals surface area contributed by atoms with Gasteiger partial charge in [0.25, 0.3) is 0 Å². The second-order valence-corrected chi connectivity index (χ2v) is 8.18. The zero-order chi connectivity index (χ0) is 20.7. The molecule has 2 aromatic heterocycles. The quantitative estimate of drug-likeness (QED) is 0.507. The molecule has 0 saturated carbocycles. The average Bonchev–Trinajstić information content (AvgIpc) is 3.37. The van der Waals surface area contributed by atoms with E-state index in [2.05, 4.69) is 23.1 Å². The molecule has 0 bridgehead atoms. The molecule has 3 heterocycles. The number of nitrogens with zero attached hydrogens (tertiary/aromatic N) is 4. The van der Waals surface area contributed by atoms with Crippen LogP contribution in [0.25, 0.3) is 28.0 Å². The van der Waals surface area contributed by atoms with Gasteiger partial charge in [-0.1, -0.05) is 54.1 Å². The van der Waals surface area contributed by atoms with E-state index in [1.807, 2.05) is 53.9 Å². The van der Waals surface area contributed by atoms with E-state index in [4.69, 9.17) is 21.7 Å². The van der Waals surface area contributed by atoms with E-state index in [-0.39, 0.29) is 12.6 Å². The van der Waals surface area contributed by atoms with E-state index in [9.17, 15) is 5.11 Å². The normalized spacial score (nSPS) is 16.5. The molecule has 1 N–H and O–H groups in total. The van der Waals surface area contributed by atoms with Gasteiger partial charge in [0.15, 0.2) is 5.65 Å². The van der Waals surface area contributed by atoms with Crippen LogP contribution in [0.15, 0.2) is 60.7 Å². The number of aryl methyl sites for hydroxylation is 1. The third-order valence-corrected chi connectivity index (χ3v) is 6.05. The van der Waals surface area contributed by atoms with Crippen molar-refractivity contribution in [2.75, 3.05) is 18.1 Å². The Morgan fingerprint density at radius 3 is 2.63 bits per heavy atom. The molecule has 1 fully saturated rings. The largest absolute Gasteiger partial charge is 0.394 e. The van der Waals surface area contributed by atoms with Gasteiger partial charge in [-0.15, -0.1) is 0 Å². The number of aromatic nitrogens is 3. The Kier molecular flexibility index (Phi) is 4.93. The molecule has 1 atom stereocenters. The Morgan fingerprint density at radius 1 is 1.07 bits per heavy atom. The summed E-state index contributed by atoms with van der Waals surface area (Å²) in [5.41, 5.74) is 5.78. The molecule has 30 heavy (non-hydrogen) atoms. The van der Waals surface area contributed by atoms with Crippen molar-refractivity contribution in [3.8, 4) is 22.4 Å². The Morgan fingerprint density at radius 2 is 1.87 bits per heavy atom. The van der Waals surface area contributed by atoms with Gasteiger partial charge < -0.3 is 10.0 Å². The lowest BCUT2D eigenvalue weighted by atomic mass is 10.1. The second-order valence-electron chi connectivity index (χ2n) is 7.74. The summed E-state index contributed by atoms with van der Waals surface area (Å²) in [6.07, 6.45) is 2.02. The lowest BCUT2D eigenvalue weighted by Crippen LogP contribution is -2.32. The smallest absolute Gasteiger partial charge is 0.166 e. The first kappa shape index (κ1) is 19.1. The summed E-state index contributed by atoms with van der Waals surface area (Å²) in [5, 5.41) is 15.4. The molecular formula is C24H23ClN4O. The summed E-state index contributed by atoms with van der Waals surface area (Å²) in [4.78, 5) is 7.26. The molecule has 1 saturated heterocycles. The van der Waals surface area contributed by atoms with Gasteiger partial charge in [0.2, 0.25) is 0 Å². The van der Waals surface area contributed by atoms with Crippen LogP contribution in [0, 0.1) is 6.92 Å². The summed E-state index contributed by atoms with van der Waals surface area (Å²) in [6, 6.07) is 20.2. The van der Waals surface area contributed by atoms with Crippen molar-refractivity contribution in [2.45, 2.75) is 25.8 Å². The summed E-state index contributed by atoms with van der Waals surface area (Å²) in [6.45, 7) is 3.03. The number of fused-ring (bicyclic) bond motifs is 1. The maximum absolute atomic E-state index is 9.87. The van der Waals surface area contributed by atoms with Gasteiger partial charge in [-0.2, -0.15) is 5.10 Å². The number of hydrogen-bond acceptors (Lipinski definition) is 4. The first-order valence-corrected chi connectivity index (χ1v) is 10.6. The van der Waals surface area contributed by atoms with Crippen LogP contribution in [0.5, 0.6) is 0 Å². The first-order valence-electron chi connectivity index (χ1n) is 10.2. The maximum Gasteiger partial charge on any atom is 0.166 e. The molecule has 2 aromatic carbocycles. The monoisotopic (exact) mass is 418 g/mol. The van der Waals surface area contributed by atoms with Gasteiger partial charge in [-0.3, -0.25) is 0 Å². The molecule has 0 radical (unpaired) electrons. The lowest BCUT2D eigenvalue weighted by Gasteiger charge is -2.25. The molecule has 1 aliphatic heterocycles. The topological polar surface area (TPSA) is 53.7 Å². The molecule has 0 aliphatic carbocycles. The molecule has 5 rings (SSSR count). The van der Waals surface area contributed by atoms with Crippen LogP contribution in [0.1, 0.15) is 18.5 Å². The number of anilines is 1. The van der Waals surface area contributed by atoms with Gasteiger partial charge in [0.1, 0.15) is 5.82 Å². The summed E-state index contributed by atoms with van der Waals surface area (Å²) >= 11 is 6.30. The highest BCUT2D eigenvalue weighted by atomic mass is 35.5. The van der Waals surface area contributed by atoms with Crippen molar-refractivity contribution in [2.24, 2.45) is 0 Å². The van der Waals surface area contributed by atoms with Gasteiger partial charge in [0, 0.05) is 28.8 Å².